The van der Waals surface area contributed by atoms with Gasteiger partial charge in [0.15, 0.2) is 5.78 Å². The lowest BCUT2D eigenvalue weighted by atomic mass is 10.0. The number of hydrogen-bond acceptors (Lipinski definition) is 4. The first-order valence-electron chi connectivity index (χ1n) is 9.95. The van der Waals surface area contributed by atoms with Gasteiger partial charge in [0.25, 0.3) is 5.56 Å². The van der Waals surface area contributed by atoms with Crippen LogP contribution in [0.4, 0.5) is 0 Å². The molecule has 3 aromatic rings. The molecule has 0 aliphatic carbocycles. The molecule has 1 aliphatic heterocycles. The van der Waals surface area contributed by atoms with E-state index in [1.165, 1.54) is 22.6 Å². The van der Waals surface area contributed by atoms with Crippen molar-refractivity contribution in [1.29, 1.82) is 0 Å². The molecule has 8 heteroatoms. The summed E-state index contributed by atoms with van der Waals surface area (Å²) in [4.78, 5) is 25.1. The molecule has 0 unspecified atom stereocenters. The Hall–Kier alpha value is -2.74. The van der Waals surface area contributed by atoms with Gasteiger partial charge >= 0.3 is 0 Å². The monoisotopic (exact) mass is 456 g/mol. The zero-order valence-electron chi connectivity index (χ0n) is 16.7. The van der Waals surface area contributed by atoms with Crippen molar-refractivity contribution in [1.82, 2.24) is 8.87 Å². The fourth-order valence-electron chi connectivity index (χ4n) is 3.65. The average molecular weight is 457 g/mol. The summed E-state index contributed by atoms with van der Waals surface area (Å²) in [7, 11) is -3.68. The Labute approximate surface area is 185 Å². The smallest absolute Gasteiger partial charge is 0.251 e. The number of Topliss-reactive ketones (excluding diaryl/α,β-unsaturated/α-hetero) is 1. The van der Waals surface area contributed by atoms with Gasteiger partial charge in [0, 0.05) is 41.5 Å². The second-order valence-electron chi connectivity index (χ2n) is 7.43. The zero-order chi connectivity index (χ0) is 22.0. The zero-order valence-corrected chi connectivity index (χ0v) is 18.3. The van der Waals surface area contributed by atoms with E-state index in [-0.39, 0.29) is 17.2 Å². The van der Waals surface area contributed by atoms with Crippen LogP contribution in [0, 0.1) is 0 Å². The summed E-state index contributed by atoms with van der Waals surface area (Å²) in [5.41, 5.74) is 1.64. The van der Waals surface area contributed by atoms with Gasteiger partial charge in [0.05, 0.1) is 11.4 Å². The van der Waals surface area contributed by atoms with Crippen LogP contribution < -0.4 is 5.56 Å². The third-order valence-corrected chi connectivity index (χ3v) is 7.54. The molecule has 0 radical (unpaired) electrons. The summed E-state index contributed by atoms with van der Waals surface area (Å²) in [5.74, 6) is -0.334. The van der Waals surface area contributed by atoms with Gasteiger partial charge in [-0.25, -0.2) is 8.42 Å². The summed E-state index contributed by atoms with van der Waals surface area (Å²) in [6.07, 6.45) is 2.88. The highest BCUT2D eigenvalue weighted by Gasteiger charge is 2.27. The van der Waals surface area contributed by atoms with Crippen LogP contribution in [0.3, 0.4) is 0 Å². The number of hydrogen-bond donors (Lipinski definition) is 0. The number of aromatic nitrogens is 1. The maximum atomic E-state index is 12.8. The van der Waals surface area contributed by atoms with Crippen molar-refractivity contribution >= 4 is 27.4 Å². The molecule has 1 aromatic heterocycles. The van der Waals surface area contributed by atoms with E-state index in [2.05, 4.69) is 0 Å². The number of carbonyl (C=O) groups excluding carboxylic acids is 1. The Morgan fingerprint density at radius 1 is 0.968 bits per heavy atom. The summed E-state index contributed by atoms with van der Waals surface area (Å²) in [6, 6.07) is 17.0. The third kappa shape index (κ3) is 4.49. The standard InChI is InChI=1S/C23H21ClN2O4S/c24-21-14-18(8-10-20(21)17-6-2-1-3-7-17)22(27)16-25-15-19(9-11-23(25)28)31(29,30)26-12-4-5-13-26/h1-3,6-11,14-15H,4-5,12-13,16H2. The fourth-order valence-corrected chi connectivity index (χ4v) is 5.48. The van der Waals surface area contributed by atoms with Gasteiger partial charge in [-0.3, -0.25) is 9.59 Å². The first-order valence-corrected chi connectivity index (χ1v) is 11.8. The van der Waals surface area contributed by atoms with E-state index in [4.69, 9.17) is 11.6 Å². The number of pyridine rings is 1. The summed E-state index contributed by atoms with van der Waals surface area (Å²) < 4.78 is 28.1. The van der Waals surface area contributed by atoms with Crippen LogP contribution in [0.5, 0.6) is 0 Å². The van der Waals surface area contributed by atoms with Crippen molar-refractivity contribution in [2.75, 3.05) is 13.1 Å². The normalized spacial score (nSPS) is 14.6. The number of nitrogens with zero attached hydrogens (tertiary/aromatic N) is 2. The van der Waals surface area contributed by atoms with Crippen molar-refractivity contribution in [2.45, 2.75) is 24.3 Å². The molecule has 0 N–H and O–H groups in total. The highest BCUT2D eigenvalue weighted by Crippen LogP contribution is 2.29. The quantitative estimate of drug-likeness (QED) is 0.528. The molecular weight excluding hydrogens is 436 g/mol. The van der Waals surface area contributed by atoms with Gasteiger partial charge in [-0.05, 0) is 30.5 Å². The van der Waals surface area contributed by atoms with E-state index in [1.54, 1.807) is 18.2 Å². The first-order chi connectivity index (χ1) is 14.9. The second-order valence-corrected chi connectivity index (χ2v) is 9.77. The predicted molar refractivity (Wildman–Crippen MR) is 120 cm³/mol. The van der Waals surface area contributed by atoms with E-state index in [9.17, 15) is 18.0 Å². The Kier molecular flexibility index (Phi) is 6.09. The molecule has 2 heterocycles. The third-order valence-electron chi connectivity index (χ3n) is 5.35. The maximum absolute atomic E-state index is 12.8. The van der Waals surface area contributed by atoms with E-state index < -0.39 is 15.6 Å². The molecule has 4 rings (SSSR count). The molecule has 1 fully saturated rings. The maximum Gasteiger partial charge on any atom is 0.251 e. The Bertz CT molecular complexity index is 1280. The van der Waals surface area contributed by atoms with Crippen molar-refractivity contribution in [3.63, 3.8) is 0 Å². The molecule has 31 heavy (non-hydrogen) atoms. The molecule has 6 nitrogen and oxygen atoms in total. The second kappa shape index (κ2) is 8.78. The van der Waals surface area contributed by atoms with Crippen molar-refractivity contribution < 1.29 is 13.2 Å². The van der Waals surface area contributed by atoms with Gasteiger partial charge in [0.1, 0.15) is 0 Å². The molecule has 1 saturated heterocycles. The van der Waals surface area contributed by atoms with E-state index >= 15 is 0 Å². The summed E-state index contributed by atoms with van der Waals surface area (Å²) in [6.45, 7) is 0.655. The van der Waals surface area contributed by atoms with Gasteiger partial charge in [-0.15, -0.1) is 0 Å². The molecule has 0 amide bonds. The number of halogens is 1. The van der Waals surface area contributed by atoms with Gasteiger partial charge in [-0.2, -0.15) is 4.31 Å². The molecule has 1 aliphatic rings. The molecule has 0 saturated carbocycles. The first kappa shape index (κ1) is 21.5. The van der Waals surface area contributed by atoms with Crippen LogP contribution in [0.15, 0.2) is 76.6 Å². The highest BCUT2D eigenvalue weighted by atomic mass is 35.5. The molecular formula is C23H21ClN2O4S. The van der Waals surface area contributed by atoms with E-state index in [0.29, 0.717) is 23.7 Å². The number of carbonyl (C=O) groups is 1. The largest absolute Gasteiger partial charge is 0.306 e. The van der Waals surface area contributed by atoms with Crippen LogP contribution in [0.2, 0.25) is 5.02 Å². The number of sulfonamides is 1. The van der Waals surface area contributed by atoms with Crippen LogP contribution in [-0.2, 0) is 16.6 Å². The Balaban J connectivity index is 1.59. The fraction of sp³-hybridized carbons (Fsp3) is 0.217. The molecule has 160 valence electrons. The minimum atomic E-state index is -3.68. The minimum Gasteiger partial charge on any atom is -0.306 e. The number of benzene rings is 2. The number of rotatable bonds is 6. The minimum absolute atomic E-state index is 0.0132. The number of ketones is 1. The SMILES string of the molecule is O=C(Cn1cc(S(=O)(=O)N2CCCC2)ccc1=O)c1ccc(-c2ccccc2)c(Cl)c1. The predicted octanol–water partition coefficient (Wildman–Crippen LogP) is 3.84. The summed E-state index contributed by atoms with van der Waals surface area (Å²) in [5, 5.41) is 0.426. The van der Waals surface area contributed by atoms with Crippen molar-refractivity contribution in [2.24, 2.45) is 0 Å². The Morgan fingerprint density at radius 2 is 1.68 bits per heavy atom. The molecule has 0 atom stereocenters. The van der Waals surface area contributed by atoms with Gasteiger partial charge in [-0.1, -0.05) is 54.1 Å². The van der Waals surface area contributed by atoms with Crippen LogP contribution >= 0.6 is 11.6 Å². The van der Waals surface area contributed by atoms with Gasteiger partial charge < -0.3 is 4.57 Å². The summed E-state index contributed by atoms with van der Waals surface area (Å²) >= 11 is 6.39. The van der Waals surface area contributed by atoms with Crippen LogP contribution in [0.1, 0.15) is 23.2 Å². The Morgan fingerprint density at radius 3 is 2.35 bits per heavy atom. The van der Waals surface area contributed by atoms with Crippen LogP contribution in [-0.4, -0.2) is 36.2 Å². The molecule has 0 bridgehead atoms. The van der Waals surface area contributed by atoms with Crippen molar-refractivity contribution in [3.05, 3.63) is 87.8 Å². The average Bonchev–Trinajstić information content (AvgIpc) is 3.31. The topological polar surface area (TPSA) is 76.5 Å². The van der Waals surface area contributed by atoms with E-state index in [0.717, 1.165) is 28.5 Å². The molecule has 0 spiro atoms. The highest BCUT2D eigenvalue weighted by molar-refractivity contribution is 7.89. The van der Waals surface area contributed by atoms with Gasteiger partial charge in [0.2, 0.25) is 10.0 Å². The molecule has 2 aromatic carbocycles. The lowest BCUT2D eigenvalue weighted by molar-refractivity contribution is 0.0970. The van der Waals surface area contributed by atoms with Crippen molar-refractivity contribution in [3.8, 4) is 11.1 Å². The lowest BCUT2D eigenvalue weighted by Crippen LogP contribution is -2.30. The van der Waals surface area contributed by atoms with Crippen LogP contribution in [0.25, 0.3) is 11.1 Å². The lowest BCUT2D eigenvalue weighted by Gasteiger charge is -2.16. The van der Waals surface area contributed by atoms with E-state index in [1.807, 2.05) is 30.3 Å².